The summed E-state index contributed by atoms with van der Waals surface area (Å²) in [5, 5.41) is 6.98. The molecule has 1 aromatic carbocycles. The van der Waals surface area contributed by atoms with E-state index in [0.717, 1.165) is 12.1 Å². The molecule has 0 spiro atoms. The summed E-state index contributed by atoms with van der Waals surface area (Å²) in [5.74, 6) is 0.740. The maximum atomic E-state index is 11.6. The second-order valence-corrected chi connectivity index (χ2v) is 6.32. The fraction of sp³-hybridized carbons (Fsp3) is 0.467. The highest BCUT2D eigenvalue weighted by molar-refractivity contribution is 14.0. The van der Waals surface area contributed by atoms with E-state index in [4.69, 9.17) is 28.9 Å². The second kappa shape index (κ2) is 9.54. The molecule has 0 heterocycles. The van der Waals surface area contributed by atoms with Crippen LogP contribution >= 0.6 is 47.2 Å². The van der Waals surface area contributed by atoms with Gasteiger partial charge >= 0.3 is 0 Å². The Balaban J connectivity index is 0.00000264. The smallest absolute Gasteiger partial charge is 0.241 e. The number of rotatable bonds is 6. The number of carbonyl (C=O) groups excluding carboxylic acids is 1. The number of carbonyl (C=O) groups is 1. The number of halogens is 3. The van der Waals surface area contributed by atoms with Gasteiger partial charge in [-0.2, -0.15) is 0 Å². The van der Waals surface area contributed by atoms with Crippen LogP contribution < -0.4 is 16.4 Å². The molecule has 1 aromatic rings. The average Bonchev–Trinajstić information content (AvgIpc) is 3.26. The fourth-order valence-electron chi connectivity index (χ4n) is 1.99. The van der Waals surface area contributed by atoms with Crippen molar-refractivity contribution in [3.63, 3.8) is 0 Å². The van der Waals surface area contributed by atoms with Crippen LogP contribution in [0.3, 0.4) is 0 Å². The van der Waals surface area contributed by atoms with Crippen molar-refractivity contribution in [2.75, 3.05) is 13.1 Å². The number of nitrogens with zero attached hydrogens (tertiary/aromatic N) is 1. The lowest BCUT2D eigenvalue weighted by molar-refractivity contribution is -0.119. The normalized spacial score (nSPS) is 15.5. The zero-order valence-corrected chi connectivity index (χ0v) is 16.7. The van der Waals surface area contributed by atoms with Gasteiger partial charge in [0.1, 0.15) is 6.54 Å². The number of aliphatic imine (C=N–C) groups is 1. The van der Waals surface area contributed by atoms with Gasteiger partial charge in [-0.05, 0) is 43.4 Å². The average molecular weight is 471 g/mol. The number of guanidine groups is 1. The lowest BCUT2D eigenvalue weighted by atomic mass is 10.1. The van der Waals surface area contributed by atoms with E-state index in [1.807, 2.05) is 13.0 Å². The van der Waals surface area contributed by atoms with Crippen molar-refractivity contribution >= 4 is 59.0 Å². The van der Waals surface area contributed by atoms with Crippen molar-refractivity contribution in [2.24, 2.45) is 16.6 Å². The van der Waals surface area contributed by atoms with E-state index in [9.17, 15) is 4.79 Å². The van der Waals surface area contributed by atoms with Crippen molar-refractivity contribution in [1.29, 1.82) is 0 Å². The summed E-state index contributed by atoms with van der Waals surface area (Å²) in [6.45, 7) is 2.66. The number of benzene rings is 1. The number of nitrogens with one attached hydrogen (secondary N) is 2. The standard InChI is InChI=1S/C15H20Cl2N4O.HI/c1-9(12-5-4-11(16)6-13(12)17)21-15(18)20-8-14(22)19-7-10-2-3-10;/h4-6,9-10H,2-3,7-8H2,1H3,(H,19,22)(H3,18,20,21);1H. The zero-order valence-electron chi connectivity index (χ0n) is 12.8. The first kappa shape index (κ1) is 20.3. The number of hydrogen-bond donors (Lipinski definition) is 3. The molecule has 0 radical (unpaired) electrons. The van der Waals surface area contributed by atoms with Crippen LogP contribution in [0.25, 0.3) is 0 Å². The zero-order chi connectivity index (χ0) is 16.1. The van der Waals surface area contributed by atoms with Gasteiger partial charge in [0.15, 0.2) is 5.96 Å². The molecular formula is C15H21Cl2IN4O. The summed E-state index contributed by atoms with van der Waals surface area (Å²) in [6, 6.07) is 5.13. The van der Waals surface area contributed by atoms with E-state index in [1.165, 1.54) is 12.8 Å². The Bertz CT molecular complexity index is 579. The topological polar surface area (TPSA) is 79.5 Å². The monoisotopic (exact) mass is 470 g/mol. The molecule has 0 bridgehead atoms. The number of nitrogens with two attached hydrogens (primary N) is 1. The molecule has 8 heteroatoms. The third-order valence-corrected chi connectivity index (χ3v) is 4.03. The molecule has 5 nitrogen and oxygen atoms in total. The highest BCUT2D eigenvalue weighted by Crippen LogP contribution is 2.27. The molecule has 0 saturated heterocycles. The molecule has 2 rings (SSSR count). The second-order valence-electron chi connectivity index (χ2n) is 5.48. The van der Waals surface area contributed by atoms with Crippen LogP contribution in [-0.2, 0) is 4.79 Å². The maximum Gasteiger partial charge on any atom is 0.241 e. The molecule has 1 saturated carbocycles. The van der Waals surface area contributed by atoms with Crippen molar-refractivity contribution in [1.82, 2.24) is 10.6 Å². The van der Waals surface area contributed by atoms with Gasteiger partial charge in [-0.3, -0.25) is 4.79 Å². The molecule has 1 aliphatic rings. The minimum atomic E-state index is -0.136. The van der Waals surface area contributed by atoms with Gasteiger partial charge in [-0.25, -0.2) is 4.99 Å². The maximum absolute atomic E-state index is 11.6. The predicted molar refractivity (Wildman–Crippen MR) is 106 cm³/mol. The van der Waals surface area contributed by atoms with E-state index in [-0.39, 0.29) is 48.4 Å². The Kier molecular flexibility index (Phi) is 8.42. The van der Waals surface area contributed by atoms with Gasteiger partial charge in [0.2, 0.25) is 5.91 Å². The van der Waals surface area contributed by atoms with Crippen LogP contribution in [0.2, 0.25) is 10.0 Å². The van der Waals surface area contributed by atoms with Crippen molar-refractivity contribution in [2.45, 2.75) is 25.8 Å². The highest BCUT2D eigenvalue weighted by atomic mass is 127. The van der Waals surface area contributed by atoms with Crippen LogP contribution in [0.4, 0.5) is 0 Å². The van der Waals surface area contributed by atoms with Crippen LogP contribution in [0.5, 0.6) is 0 Å². The Morgan fingerprint density at radius 1 is 1.43 bits per heavy atom. The van der Waals surface area contributed by atoms with Gasteiger partial charge < -0.3 is 16.4 Å². The summed E-state index contributed by atoms with van der Waals surface area (Å²) >= 11 is 12.0. The quantitative estimate of drug-likeness (QED) is 0.339. The van der Waals surface area contributed by atoms with Gasteiger partial charge in [-0.1, -0.05) is 29.3 Å². The molecule has 1 atom stereocenters. The summed E-state index contributed by atoms with van der Waals surface area (Å²) in [7, 11) is 0. The molecule has 0 aliphatic heterocycles. The molecule has 1 fully saturated rings. The minimum absolute atomic E-state index is 0. The number of hydrogen-bond acceptors (Lipinski definition) is 2. The molecule has 23 heavy (non-hydrogen) atoms. The lowest BCUT2D eigenvalue weighted by Gasteiger charge is -2.16. The molecule has 128 valence electrons. The Hall–Kier alpha value is -0.730. The molecule has 4 N–H and O–H groups in total. The lowest BCUT2D eigenvalue weighted by Crippen LogP contribution is -2.36. The molecule has 0 aromatic heterocycles. The summed E-state index contributed by atoms with van der Waals surface area (Å²) in [4.78, 5) is 15.6. The first-order chi connectivity index (χ1) is 10.5. The Morgan fingerprint density at radius 2 is 2.13 bits per heavy atom. The minimum Gasteiger partial charge on any atom is -0.370 e. The van der Waals surface area contributed by atoms with Crippen LogP contribution in [-0.4, -0.2) is 25.0 Å². The Labute approximate surface area is 163 Å². The molecule has 1 aliphatic carbocycles. The number of amides is 1. The van der Waals surface area contributed by atoms with Crippen molar-refractivity contribution in [3.05, 3.63) is 33.8 Å². The third-order valence-electron chi connectivity index (χ3n) is 3.47. The summed E-state index contributed by atoms with van der Waals surface area (Å²) < 4.78 is 0. The molecule has 1 amide bonds. The van der Waals surface area contributed by atoms with Gasteiger partial charge in [0.25, 0.3) is 0 Å². The van der Waals surface area contributed by atoms with Crippen LogP contribution in [0.15, 0.2) is 23.2 Å². The third kappa shape index (κ3) is 7.14. The van der Waals surface area contributed by atoms with Crippen molar-refractivity contribution in [3.8, 4) is 0 Å². The largest absolute Gasteiger partial charge is 0.370 e. The van der Waals surface area contributed by atoms with E-state index in [2.05, 4.69) is 15.6 Å². The summed E-state index contributed by atoms with van der Waals surface area (Å²) in [6.07, 6.45) is 2.40. The first-order valence-electron chi connectivity index (χ1n) is 7.24. The van der Waals surface area contributed by atoms with Gasteiger partial charge in [0.05, 0.1) is 6.04 Å². The fourth-order valence-corrected chi connectivity index (χ4v) is 2.56. The first-order valence-corrected chi connectivity index (χ1v) is 7.99. The van der Waals surface area contributed by atoms with Gasteiger partial charge in [0, 0.05) is 16.6 Å². The van der Waals surface area contributed by atoms with Gasteiger partial charge in [-0.15, -0.1) is 24.0 Å². The van der Waals surface area contributed by atoms with Crippen LogP contribution in [0.1, 0.15) is 31.4 Å². The Morgan fingerprint density at radius 3 is 2.74 bits per heavy atom. The van der Waals surface area contributed by atoms with E-state index in [1.54, 1.807) is 12.1 Å². The van der Waals surface area contributed by atoms with E-state index >= 15 is 0 Å². The SMILES string of the molecule is CC(NC(N)=NCC(=O)NCC1CC1)c1ccc(Cl)cc1Cl.I. The van der Waals surface area contributed by atoms with Crippen molar-refractivity contribution < 1.29 is 4.79 Å². The van der Waals surface area contributed by atoms with Crippen LogP contribution in [0, 0.1) is 5.92 Å². The molecule has 1 unspecified atom stereocenters. The molecular weight excluding hydrogens is 450 g/mol. The van der Waals surface area contributed by atoms with E-state index in [0.29, 0.717) is 16.0 Å². The van der Waals surface area contributed by atoms with E-state index < -0.39 is 0 Å². The highest BCUT2D eigenvalue weighted by Gasteiger charge is 2.21. The summed E-state index contributed by atoms with van der Waals surface area (Å²) in [5.41, 5.74) is 6.66. The predicted octanol–water partition coefficient (Wildman–Crippen LogP) is 3.10.